The SMILES string of the molecule is CCn1nc(C2CC2)nc1[C@H]1CCc2ccccc2C1. The van der Waals surface area contributed by atoms with E-state index in [0.717, 1.165) is 18.8 Å². The summed E-state index contributed by atoms with van der Waals surface area (Å²) < 4.78 is 2.15. The Bertz CT molecular complexity index is 625. The number of nitrogens with zero attached hydrogens (tertiary/aromatic N) is 3. The molecule has 3 nitrogen and oxygen atoms in total. The first-order valence-corrected chi connectivity index (χ1v) is 7.86. The van der Waals surface area contributed by atoms with Crippen molar-refractivity contribution in [2.75, 3.05) is 0 Å². The number of fused-ring (bicyclic) bond motifs is 1. The van der Waals surface area contributed by atoms with Crippen LogP contribution in [0.4, 0.5) is 0 Å². The summed E-state index contributed by atoms with van der Waals surface area (Å²) in [6.07, 6.45) is 6.07. The molecule has 1 aromatic carbocycles. The van der Waals surface area contributed by atoms with Crippen molar-refractivity contribution >= 4 is 0 Å². The second-order valence-electron chi connectivity index (χ2n) is 6.13. The summed E-state index contributed by atoms with van der Waals surface area (Å²) in [5.41, 5.74) is 3.02. The lowest BCUT2D eigenvalue weighted by molar-refractivity contribution is 0.503. The molecule has 0 spiro atoms. The largest absolute Gasteiger partial charge is 0.250 e. The van der Waals surface area contributed by atoms with E-state index in [0.29, 0.717) is 11.8 Å². The molecule has 4 rings (SSSR count). The van der Waals surface area contributed by atoms with E-state index in [9.17, 15) is 0 Å². The Labute approximate surface area is 120 Å². The van der Waals surface area contributed by atoms with E-state index in [1.165, 1.54) is 42.6 Å². The highest BCUT2D eigenvalue weighted by Crippen LogP contribution is 2.39. The van der Waals surface area contributed by atoms with Crippen LogP contribution in [0.1, 0.15) is 60.8 Å². The highest BCUT2D eigenvalue weighted by atomic mass is 15.3. The molecule has 0 saturated heterocycles. The summed E-state index contributed by atoms with van der Waals surface area (Å²) in [6.45, 7) is 3.11. The predicted molar refractivity (Wildman–Crippen MR) is 78.9 cm³/mol. The van der Waals surface area contributed by atoms with Crippen LogP contribution < -0.4 is 0 Å². The summed E-state index contributed by atoms with van der Waals surface area (Å²) >= 11 is 0. The molecular formula is C17H21N3. The molecule has 104 valence electrons. The summed E-state index contributed by atoms with van der Waals surface area (Å²) in [5, 5.41) is 4.73. The molecular weight excluding hydrogens is 246 g/mol. The monoisotopic (exact) mass is 267 g/mol. The molecule has 0 radical (unpaired) electrons. The average Bonchev–Trinajstić information content (AvgIpc) is 3.26. The van der Waals surface area contributed by atoms with E-state index in [2.05, 4.69) is 35.9 Å². The Morgan fingerprint density at radius 1 is 1.10 bits per heavy atom. The van der Waals surface area contributed by atoms with Crippen molar-refractivity contribution in [1.82, 2.24) is 14.8 Å². The minimum Gasteiger partial charge on any atom is -0.250 e. The fourth-order valence-corrected chi connectivity index (χ4v) is 3.34. The van der Waals surface area contributed by atoms with Gasteiger partial charge in [0.1, 0.15) is 5.82 Å². The van der Waals surface area contributed by atoms with Gasteiger partial charge in [0.15, 0.2) is 5.82 Å². The lowest BCUT2D eigenvalue weighted by Crippen LogP contribution is -2.17. The molecule has 0 bridgehead atoms. The van der Waals surface area contributed by atoms with E-state index >= 15 is 0 Å². The number of hydrogen-bond acceptors (Lipinski definition) is 2. The lowest BCUT2D eigenvalue weighted by atomic mass is 9.83. The molecule has 2 aromatic rings. The Kier molecular flexibility index (Phi) is 2.86. The molecule has 1 heterocycles. The van der Waals surface area contributed by atoms with Crippen LogP contribution in [0.15, 0.2) is 24.3 Å². The van der Waals surface area contributed by atoms with Gasteiger partial charge < -0.3 is 0 Å². The smallest absolute Gasteiger partial charge is 0.154 e. The van der Waals surface area contributed by atoms with E-state index in [4.69, 9.17) is 10.1 Å². The quantitative estimate of drug-likeness (QED) is 0.852. The van der Waals surface area contributed by atoms with Crippen molar-refractivity contribution in [3.05, 3.63) is 47.0 Å². The first-order chi connectivity index (χ1) is 9.85. The topological polar surface area (TPSA) is 30.7 Å². The third-order valence-electron chi connectivity index (χ3n) is 4.67. The molecule has 0 N–H and O–H groups in total. The van der Waals surface area contributed by atoms with Crippen molar-refractivity contribution in [1.29, 1.82) is 0 Å². The molecule has 1 fully saturated rings. The third kappa shape index (κ3) is 2.05. The highest BCUT2D eigenvalue weighted by Gasteiger charge is 2.31. The minimum atomic E-state index is 0.546. The average molecular weight is 267 g/mol. The van der Waals surface area contributed by atoms with E-state index < -0.39 is 0 Å². The van der Waals surface area contributed by atoms with E-state index in [1.54, 1.807) is 0 Å². The molecule has 0 unspecified atom stereocenters. The van der Waals surface area contributed by atoms with Crippen molar-refractivity contribution in [3.63, 3.8) is 0 Å². The van der Waals surface area contributed by atoms with Gasteiger partial charge in [0.05, 0.1) is 0 Å². The first-order valence-electron chi connectivity index (χ1n) is 7.86. The minimum absolute atomic E-state index is 0.546. The normalized spacial score (nSPS) is 21.8. The van der Waals surface area contributed by atoms with Crippen LogP contribution in [-0.2, 0) is 19.4 Å². The third-order valence-corrected chi connectivity index (χ3v) is 4.67. The Morgan fingerprint density at radius 2 is 1.90 bits per heavy atom. The number of aryl methyl sites for hydroxylation is 2. The standard InChI is InChI=1S/C17H21N3/c1-2-20-17(18-16(19-20)13-8-9-13)15-10-7-12-5-3-4-6-14(12)11-15/h3-6,13,15H,2,7-11H2,1H3/t15-/m0/s1. The summed E-state index contributed by atoms with van der Waals surface area (Å²) in [7, 11) is 0. The second kappa shape index (κ2) is 4.72. The maximum absolute atomic E-state index is 4.89. The molecule has 0 aliphatic heterocycles. The zero-order valence-electron chi connectivity index (χ0n) is 12.0. The van der Waals surface area contributed by atoms with Gasteiger partial charge in [0.25, 0.3) is 0 Å². The maximum atomic E-state index is 4.89. The van der Waals surface area contributed by atoms with Gasteiger partial charge in [0.2, 0.25) is 0 Å². The van der Waals surface area contributed by atoms with E-state index in [1.807, 2.05) is 0 Å². The van der Waals surface area contributed by atoms with Crippen molar-refractivity contribution in [2.24, 2.45) is 0 Å². The van der Waals surface area contributed by atoms with Crippen LogP contribution in [0.2, 0.25) is 0 Å². The van der Waals surface area contributed by atoms with Crippen molar-refractivity contribution in [3.8, 4) is 0 Å². The van der Waals surface area contributed by atoms with Gasteiger partial charge in [-0.1, -0.05) is 24.3 Å². The summed E-state index contributed by atoms with van der Waals surface area (Å²) in [4.78, 5) is 4.89. The molecule has 2 aliphatic rings. The molecule has 1 atom stereocenters. The van der Waals surface area contributed by atoms with Gasteiger partial charge in [-0.15, -0.1) is 0 Å². The fraction of sp³-hybridized carbons (Fsp3) is 0.529. The number of rotatable bonds is 3. The van der Waals surface area contributed by atoms with Gasteiger partial charge in [-0.2, -0.15) is 5.10 Å². The Morgan fingerprint density at radius 3 is 2.65 bits per heavy atom. The molecule has 0 amide bonds. The van der Waals surface area contributed by atoms with Crippen LogP contribution in [0.25, 0.3) is 0 Å². The van der Waals surface area contributed by atoms with Crippen LogP contribution in [0, 0.1) is 0 Å². The fourth-order valence-electron chi connectivity index (χ4n) is 3.34. The maximum Gasteiger partial charge on any atom is 0.154 e. The van der Waals surface area contributed by atoms with Gasteiger partial charge in [-0.05, 0) is 50.2 Å². The van der Waals surface area contributed by atoms with Crippen LogP contribution in [0.5, 0.6) is 0 Å². The molecule has 1 saturated carbocycles. The molecule has 3 heteroatoms. The molecule has 1 aromatic heterocycles. The summed E-state index contributed by atoms with van der Waals surface area (Å²) in [6, 6.07) is 8.85. The van der Waals surface area contributed by atoms with Crippen molar-refractivity contribution < 1.29 is 0 Å². The van der Waals surface area contributed by atoms with Gasteiger partial charge in [-0.3, -0.25) is 0 Å². The predicted octanol–water partition coefficient (Wildman–Crippen LogP) is 3.45. The zero-order valence-corrected chi connectivity index (χ0v) is 12.0. The van der Waals surface area contributed by atoms with Crippen molar-refractivity contribution in [2.45, 2.75) is 57.4 Å². The summed E-state index contributed by atoms with van der Waals surface area (Å²) in [5.74, 6) is 3.52. The number of benzene rings is 1. The van der Waals surface area contributed by atoms with Gasteiger partial charge in [-0.25, -0.2) is 9.67 Å². The Hall–Kier alpha value is -1.64. The van der Waals surface area contributed by atoms with Gasteiger partial charge >= 0.3 is 0 Å². The first kappa shape index (κ1) is 12.1. The Balaban J connectivity index is 1.65. The number of aromatic nitrogens is 3. The van der Waals surface area contributed by atoms with Gasteiger partial charge in [0, 0.05) is 18.4 Å². The number of hydrogen-bond donors (Lipinski definition) is 0. The lowest BCUT2D eigenvalue weighted by Gasteiger charge is -2.24. The van der Waals surface area contributed by atoms with Crippen LogP contribution in [-0.4, -0.2) is 14.8 Å². The van der Waals surface area contributed by atoms with Crippen LogP contribution >= 0.6 is 0 Å². The van der Waals surface area contributed by atoms with E-state index in [-0.39, 0.29) is 0 Å². The second-order valence-corrected chi connectivity index (χ2v) is 6.13. The molecule has 2 aliphatic carbocycles. The van der Waals surface area contributed by atoms with Crippen LogP contribution in [0.3, 0.4) is 0 Å². The zero-order chi connectivity index (χ0) is 13.5. The highest BCUT2D eigenvalue weighted by molar-refractivity contribution is 5.31. The molecule has 20 heavy (non-hydrogen) atoms.